The summed E-state index contributed by atoms with van der Waals surface area (Å²) in [5, 5.41) is 0. The number of hydrogen-bond acceptors (Lipinski definition) is 1. The second kappa shape index (κ2) is 4.48. The molecule has 0 rings (SSSR count). The highest BCUT2D eigenvalue weighted by Crippen LogP contribution is 2.29. The van der Waals surface area contributed by atoms with Crippen LogP contribution in [0.25, 0.3) is 0 Å². The summed E-state index contributed by atoms with van der Waals surface area (Å²) in [5.41, 5.74) is 0.313. The Morgan fingerprint density at radius 3 is 1.64 bits per heavy atom. The van der Waals surface area contributed by atoms with E-state index in [-0.39, 0.29) is 23.0 Å². The smallest absolute Gasteiger partial charge is 0.0805 e. The Morgan fingerprint density at radius 2 is 1.43 bits per heavy atom. The third kappa shape index (κ3) is 4.28. The molecular formula is C13H26O. The molecule has 0 aliphatic carbocycles. The van der Waals surface area contributed by atoms with Gasteiger partial charge in [0.25, 0.3) is 0 Å². The second-order valence-corrected chi connectivity index (χ2v) is 6.17. The van der Waals surface area contributed by atoms with Gasteiger partial charge in [-0.3, -0.25) is 0 Å². The topological polar surface area (TPSA) is 9.23 Å². The molecule has 1 heteroatoms. The van der Waals surface area contributed by atoms with E-state index < -0.39 is 0 Å². The van der Waals surface area contributed by atoms with Gasteiger partial charge in [-0.2, -0.15) is 0 Å². The highest BCUT2D eigenvalue weighted by molar-refractivity contribution is 4.90. The van der Waals surface area contributed by atoms with Crippen molar-refractivity contribution in [2.45, 2.75) is 60.7 Å². The molecule has 0 aromatic rings. The van der Waals surface area contributed by atoms with Gasteiger partial charge < -0.3 is 4.74 Å². The van der Waals surface area contributed by atoms with E-state index >= 15 is 0 Å². The molecule has 0 bridgehead atoms. The van der Waals surface area contributed by atoms with Gasteiger partial charge >= 0.3 is 0 Å². The van der Waals surface area contributed by atoms with Crippen LogP contribution in [-0.2, 0) is 4.74 Å². The zero-order valence-electron chi connectivity index (χ0n) is 10.8. The van der Waals surface area contributed by atoms with Gasteiger partial charge in [-0.15, -0.1) is 6.58 Å². The minimum atomic E-state index is 0.122. The van der Waals surface area contributed by atoms with Gasteiger partial charge in [0.2, 0.25) is 0 Å². The molecule has 0 aromatic heterocycles. The van der Waals surface area contributed by atoms with Crippen LogP contribution in [-0.4, -0.2) is 12.2 Å². The first-order chi connectivity index (χ1) is 6.09. The van der Waals surface area contributed by atoms with E-state index in [1.165, 1.54) is 0 Å². The SMILES string of the molecule is C=CC(OC(C)C(C)(C)C)C(C)(C)C. The van der Waals surface area contributed by atoms with Crippen LogP contribution in [0.3, 0.4) is 0 Å². The lowest BCUT2D eigenvalue weighted by atomic mass is 9.86. The monoisotopic (exact) mass is 198 g/mol. The quantitative estimate of drug-likeness (QED) is 0.622. The molecule has 0 spiro atoms. The molecule has 0 saturated carbocycles. The Labute approximate surface area is 89.5 Å². The van der Waals surface area contributed by atoms with Crippen LogP contribution in [0.15, 0.2) is 12.7 Å². The minimum Gasteiger partial charge on any atom is -0.370 e. The van der Waals surface area contributed by atoms with Crippen molar-refractivity contribution in [1.82, 2.24) is 0 Å². The highest BCUT2D eigenvalue weighted by atomic mass is 16.5. The third-order valence-electron chi connectivity index (χ3n) is 2.64. The molecule has 84 valence electrons. The summed E-state index contributed by atoms with van der Waals surface area (Å²) in [6.07, 6.45) is 2.27. The lowest BCUT2D eigenvalue weighted by molar-refractivity contribution is -0.0747. The molecule has 0 aliphatic rings. The van der Waals surface area contributed by atoms with Gasteiger partial charge in [0.15, 0.2) is 0 Å². The van der Waals surface area contributed by atoms with Gasteiger partial charge in [0.1, 0.15) is 0 Å². The first-order valence-corrected chi connectivity index (χ1v) is 5.37. The number of rotatable bonds is 3. The Morgan fingerprint density at radius 1 is 1.00 bits per heavy atom. The molecule has 0 aromatic carbocycles. The van der Waals surface area contributed by atoms with Crippen LogP contribution in [0.5, 0.6) is 0 Å². The molecule has 2 atom stereocenters. The van der Waals surface area contributed by atoms with Gasteiger partial charge in [0, 0.05) is 0 Å². The van der Waals surface area contributed by atoms with Gasteiger partial charge in [-0.25, -0.2) is 0 Å². The molecule has 2 unspecified atom stereocenters. The summed E-state index contributed by atoms with van der Waals surface area (Å²) >= 11 is 0. The third-order valence-corrected chi connectivity index (χ3v) is 2.64. The predicted octanol–water partition coefficient (Wildman–Crippen LogP) is 4.04. The average Bonchev–Trinajstić information content (AvgIpc) is 1.95. The largest absolute Gasteiger partial charge is 0.370 e. The normalized spacial score (nSPS) is 17.6. The van der Waals surface area contributed by atoms with E-state index in [9.17, 15) is 0 Å². The zero-order valence-corrected chi connectivity index (χ0v) is 10.8. The predicted molar refractivity (Wildman–Crippen MR) is 63.4 cm³/mol. The number of hydrogen-bond donors (Lipinski definition) is 0. The van der Waals surface area contributed by atoms with Crippen molar-refractivity contribution in [2.75, 3.05) is 0 Å². The Balaban J connectivity index is 4.42. The summed E-state index contributed by atoms with van der Waals surface area (Å²) < 4.78 is 6.01. The second-order valence-electron chi connectivity index (χ2n) is 6.17. The van der Waals surface area contributed by atoms with Crippen molar-refractivity contribution in [1.29, 1.82) is 0 Å². The maximum atomic E-state index is 6.01. The van der Waals surface area contributed by atoms with Crippen molar-refractivity contribution in [3.63, 3.8) is 0 Å². The summed E-state index contributed by atoms with van der Waals surface area (Å²) in [6, 6.07) is 0. The van der Waals surface area contributed by atoms with Crippen LogP contribution in [0, 0.1) is 10.8 Å². The standard InChI is InChI=1S/C13H26O/c1-9-11(13(6,7)8)14-10(2)12(3,4)5/h9-11H,1H2,2-8H3. The molecular weight excluding hydrogens is 172 g/mol. The molecule has 0 radical (unpaired) electrons. The molecule has 0 saturated heterocycles. The van der Waals surface area contributed by atoms with Crippen molar-refractivity contribution in [3.8, 4) is 0 Å². The van der Waals surface area contributed by atoms with Crippen molar-refractivity contribution < 1.29 is 4.74 Å². The van der Waals surface area contributed by atoms with Crippen molar-refractivity contribution in [3.05, 3.63) is 12.7 Å². The van der Waals surface area contributed by atoms with Gasteiger partial charge in [-0.1, -0.05) is 47.6 Å². The lowest BCUT2D eigenvalue weighted by Gasteiger charge is -2.35. The zero-order chi connectivity index (χ0) is 11.6. The van der Waals surface area contributed by atoms with Crippen molar-refractivity contribution in [2.24, 2.45) is 10.8 Å². The van der Waals surface area contributed by atoms with Crippen LogP contribution < -0.4 is 0 Å². The van der Waals surface area contributed by atoms with Crippen LogP contribution in [0.1, 0.15) is 48.5 Å². The highest BCUT2D eigenvalue weighted by Gasteiger charge is 2.28. The fourth-order valence-corrected chi connectivity index (χ4v) is 1.04. The number of ether oxygens (including phenoxy) is 1. The van der Waals surface area contributed by atoms with E-state index in [4.69, 9.17) is 4.74 Å². The minimum absolute atomic E-state index is 0.122. The molecule has 0 aliphatic heterocycles. The maximum Gasteiger partial charge on any atom is 0.0805 e. The first kappa shape index (κ1) is 13.7. The summed E-state index contributed by atoms with van der Waals surface area (Å²) in [6.45, 7) is 19.1. The van der Waals surface area contributed by atoms with E-state index in [1.807, 2.05) is 6.08 Å². The Kier molecular flexibility index (Phi) is 4.38. The molecule has 0 fully saturated rings. The Hall–Kier alpha value is -0.300. The first-order valence-electron chi connectivity index (χ1n) is 5.37. The van der Waals surface area contributed by atoms with Crippen molar-refractivity contribution >= 4 is 0 Å². The molecule has 0 N–H and O–H groups in total. The van der Waals surface area contributed by atoms with E-state index in [2.05, 4.69) is 55.0 Å². The Bertz CT molecular complexity index is 180. The molecule has 14 heavy (non-hydrogen) atoms. The molecule has 0 heterocycles. The van der Waals surface area contributed by atoms with Crippen LogP contribution in [0.2, 0.25) is 0 Å². The van der Waals surface area contributed by atoms with E-state index in [0.717, 1.165) is 0 Å². The maximum absolute atomic E-state index is 6.01. The van der Waals surface area contributed by atoms with Crippen LogP contribution in [0.4, 0.5) is 0 Å². The van der Waals surface area contributed by atoms with Crippen LogP contribution >= 0.6 is 0 Å². The van der Waals surface area contributed by atoms with Gasteiger partial charge in [-0.05, 0) is 17.8 Å². The van der Waals surface area contributed by atoms with Gasteiger partial charge in [0.05, 0.1) is 12.2 Å². The van der Waals surface area contributed by atoms with E-state index in [1.54, 1.807) is 0 Å². The molecule has 0 amide bonds. The molecule has 1 nitrogen and oxygen atoms in total. The average molecular weight is 198 g/mol. The summed E-state index contributed by atoms with van der Waals surface area (Å²) in [7, 11) is 0. The van der Waals surface area contributed by atoms with E-state index in [0.29, 0.717) is 0 Å². The fraction of sp³-hybridized carbons (Fsp3) is 0.846. The summed E-state index contributed by atoms with van der Waals surface area (Å²) in [5.74, 6) is 0. The summed E-state index contributed by atoms with van der Waals surface area (Å²) in [4.78, 5) is 0. The fourth-order valence-electron chi connectivity index (χ4n) is 1.04. The lowest BCUT2D eigenvalue weighted by Crippen LogP contribution is -2.36.